The van der Waals surface area contributed by atoms with Crippen LogP contribution in [0.15, 0.2) is 30.3 Å². The van der Waals surface area contributed by atoms with Gasteiger partial charge in [-0.3, -0.25) is 9.59 Å². The largest absolute Gasteiger partial charge is 0.481 e. The molecule has 1 aromatic carbocycles. The van der Waals surface area contributed by atoms with Crippen LogP contribution in [-0.2, 0) is 14.3 Å². The molecule has 6 nitrogen and oxygen atoms in total. The lowest BCUT2D eigenvalue weighted by Crippen LogP contribution is -2.19. The quantitative estimate of drug-likeness (QED) is 0.431. The van der Waals surface area contributed by atoms with Crippen molar-refractivity contribution in [2.75, 3.05) is 18.5 Å². The number of benzene rings is 1. The third-order valence-electron chi connectivity index (χ3n) is 4.56. The smallest absolute Gasteiger partial charge is 0.303 e. The lowest BCUT2D eigenvalue weighted by Gasteiger charge is -2.19. The maximum atomic E-state index is 12.4. The Bertz CT molecular complexity index is 530. The van der Waals surface area contributed by atoms with Crippen molar-refractivity contribution in [3.05, 3.63) is 30.3 Å². The van der Waals surface area contributed by atoms with Crippen molar-refractivity contribution in [3.63, 3.8) is 0 Å². The predicted octanol–water partition coefficient (Wildman–Crippen LogP) is 3.81. The highest BCUT2D eigenvalue weighted by molar-refractivity contribution is 5.90. The van der Waals surface area contributed by atoms with Crippen molar-refractivity contribution in [3.8, 4) is 0 Å². The number of rotatable bonds is 15. The monoisotopic (exact) mass is 378 g/mol. The van der Waals surface area contributed by atoms with E-state index in [1.54, 1.807) is 0 Å². The Kier molecular flexibility index (Phi) is 12.1. The number of carbonyl (C=O) groups excluding carboxylic acids is 1. The first kappa shape index (κ1) is 23.1. The molecule has 0 spiro atoms. The highest BCUT2D eigenvalue weighted by Gasteiger charge is 2.16. The van der Waals surface area contributed by atoms with Gasteiger partial charge in [-0.25, -0.2) is 0 Å². The van der Waals surface area contributed by atoms with Crippen molar-refractivity contribution in [1.82, 2.24) is 0 Å². The molecule has 0 heterocycles. The molecule has 2 atom stereocenters. The molecule has 0 aromatic heterocycles. The van der Waals surface area contributed by atoms with Gasteiger partial charge < -0.3 is 20.9 Å². The number of hydrogen-bond donors (Lipinski definition) is 3. The summed E-state index contributed by atoms with van der Waals surface area (Å²) in [5.41, 5.74) is 6.42. The first-order valence-electron chi connectivity index (χ1n) is 9.93. The van der Waals surface area contributed by atoms with Gasteiger partial charge in [-0.05, 0) is 63.6 Å². The molecule has 0 bridgehead atoms. The molecular formula is C21H34N2O4. The molecular weight excluding hydrogens is 344 g/mol. The Morgan fingerprint density at radius 3 is 2.44 bits per heavy atom. The van der Waals surface area contributed by atoms with Crippen LogP contribution in [0.2, 0.25) is 0 Å². The Morgan fingerprint density at radius 1 is 1.11 bits per heavy atom. The van der Waals surface area contributed by atoms with Gasteiger partial charge in [-0.1, -0.05) is 24.6 Å². The number of hydrogen-bond acceptors (Lipinski definition) is 4. The van der Waals surface area contributed by atoms with Crippen LogP contribution in [0.4, 0.5) is 5.69 Å². The first-order valence-corrected chi connectivity index (χ1v) is 9.93. The number of carbonyl (C=O) groups is 2. The van der Waals surface area contributed by atoms with E-state index in [1.807, 2.05) is 37.3 Å². The molecule has 2 unspecified atom stereocenters. The zero-order valence-corrected chi connectivity index (χ0v) is 16.4. The second-order valence-corrected chi connectivity index (χ2v) is 6.86. The summed E-state index contributed by atoms with van der Waals surface area (Å²) >= 11 is 0. The number of nitrogens with two attached hydrogens (primary N) is 1. The average Bonchev–Trinajstić information content (AvgIpc) is 2.62. The summed E-state index contributed by atoms with van der Waals surface area (Å²) in [6.45, 7) is 3.25. The summed E-state index contributed by atoms with van der Waals surface area (Å²) < 4.78 is 5.70. The van der Waals surface area contributed by atoms with Crippen molar-refractivity contribution in [2.24, 2.45) is 11.7 Å². The Morgan fingerprint density at radius 2 is 1.81 bits per heavy atom. The van der Waals surface area contributed by atoms with Crippen molar-refractivity contribution < 1.29 is 19.4 Å². The lowest BCUT2D eigenvalue weighted by atomic mass is 9.91. The molecule has 1 rings (SSSR count). The molecule has 0 saturated heterocycles. The maximum absolute atomic E-state index is 12.4. The zero-order valence-electron chi connectivity index (χ0n) is 16.4. The van der Waals surface area contributed by atoms with Crippen molar-refractivity contribution >= 4 is 17.6 Å². The predicted molar refractivity (Wildman–Crippen MR) is 108 cm³/mol. The molecule has 1 amide bonds. The molecule has 0 aliphatic rings. The van der Waals surface area contributed by atoms with Crippen LogP contribution in [-0.4, -0.2) is 36.2 Å². The number of carboxylic acids is 1. The number of amides is 1. The van der Waals surface area contributed by atoms with E-state index in [2.05, 4.69) is 5.32 Å². The third-order valence-corrected chi connectivity index (χ3v) is 4.56. The van der Waals surface area contributed by atoms with E-state index in [-0.39, 0.29) is 24.3 Å². The van der Waals surface area contributed by atoms with Crippen molar-refractivity contribution in [1.29, 1.82) is 0 Å². The van der Waals surface area contributed by atoms with Gasteiger partial charge in [0.1, 0.15) is 0 Å². The van der Waals surface area contributed by atoms with Crippen LogP contribution >= 0.6 is 0 Å². The van der Waals surface area contributed by atoms with E-state index in [0.717, 1.165) is 37.8 Å². The number of aliphatic carboxylic acids is 1. The van der Waals surface area contributed by atoms with E-state index in [1.165, 1.54) is 0 Å². The maximum Gasteiger partial charge on any atom is 0.303 e. The summed E-state index contributed by atoms with van der Waals surface area (Å²) in [5.74, 6) is -0.639. The Hall–Kier alpha value is -1.92. The van der Waals surface area contributed by atoms with Crippen molar-refractivity contribution in [2.45, 2.75) is 64.4 Å². The summed E-state index contributed by atoms with van der Waals surface area (Å²) in [4.78, 5) is 23.1. The minimum atomic E-state index is -0.790. The molecule has 0 saturated carbocycles. The number of ether oxygens (including phenoxy) is 1. The van der Waals surface area contributed by atoms with Crippen LogP contribution < -0.4 is 11.1 Å². The summed E-state index contributed by atoms with van der Waals surface area (Å²) in [6, 6.07) is 9.38. The second-order valence-electron chi connectivity index (χ2n) is 6.86. The van der Waals surface area contributed by atoms with Crippen LogP contribution in [0.5, 0.6) is 0 Å². The number of anilines is 1. The van der Waals surface area contributed by atoms with Gasteiger partial charge in [0.2, 0.25) is 5.91 Å². The first-order chi connectivity index (χ1) is 13.0. The number of carboxylic acid groups (broad SMARTS) is 1. The highest BCUT2D eigenvalue weighted by atomic mass is 16.5. The third kappa shape index (κ3) is 11.4. The molecule has 0 aliphatic heterocycles. The minimum Gasteiger partial charge on any atom is -0.481 e. The molecule has 0 aliphatic carbocycles. The Labute approximate surface area is 162 Å². The molecule has 0 fully saturated rings. The Balaban J connectivity index is 2.49. The average molecular weight is 379 g/mol. The standard InChI is InChI=1S/C21H34N2O4/c1-2-27-19(14-15-22)12-6-8-17(9-7-13-21(25)26)16-20(24)23-18-10-4-3-5-11-18/h3-5,10-11,17,19H,2,6-9,12-16,22H2,1H3,(H,23,24)(H,25,26). The van der Waals surface area contributed by atoms with Gasteiger partial charge in [0.05, 0.1) is 6.10 Å². The highest BCUT2D eigenvalue weighted by Crippen LogP contribution is 2.22. The molecule has 6 heteroatoms. The zero-order chi connectivity index (χ0) is 19.9. The fourth-order valence-corrected chi connectivity index (χ4v) is 3.25. The fourth-order valence-electron chi connectivity index (χ4n) is 3.25. The molecule has 0 radical (unpaired) electrons. The fraction of sp³-hybridized carbons (Fsp3) is 0.619. The van der Waals surface area contributed by atoms with Crippen LogP contribution in [0.1, 0.15) is 58.3 Å². The molecule has 152 valence electrons. The van der Waals surface area contributed by atoms with E-state index in [0.29, 0.717) is 26.0 Å². The van der Waals surface area contributed by atoms with Gasteiger partial charge in [0.15, 0.2) is 0 Å². The normalized spacial score (nSPS) is 13.1. The summed E-state index contributed by atoms with van der Waals surface area (Å²) in [5, 5.41) is 11.8. The second kappa shape index (κ2) is 14.2. The van der Waals surface area contributed by atoms with Gasteiger partial charge in [-0.2, -0.15) is 0 Å². The molecule has 4 N–H and O–H groups in total. The van der Waals surface area contributed by atoms with E-state index >= 15 is 0 Å². The van der Waals surface area contributed by atoms with Gasteiger partial charge >= 0.3 is 5.97 Å². The number of nitrogens with one attached hydrogen (secondary N) is 1. The van der Waals surface area contributed by atoms with Gasteiger partial charge in [0.25, 0.3) is 0 Å². The van der Waals surface area contributed by atoms with Gasteiger partial charge in [-0.15, -0.1) is 0 Å². The topological polar surface area (TPSA) is 102 Å². The van der Waals surface area contributed by atoms with Crippen LogP contribution in [0.3, 0.4) is 0 Å². The van der Waals surface area contributed by atoms with E-state index in [4.69, 9.17) is 15.6 Å². The van der Waals surface area contributed by atoms with Gasteiger partial charge in [0, 0.05) is 25.1 Å². The molecule has 27 heavy (non-hydrogen) atoms. The SMILES string of the molecule is CCOC(CCN)CCCC(CCCC(=O)O)CC(=O)Nc1ccccc1. The minimum absolute atomic E-state index is 0.0233. The molecule has 1 aromatic rings. The lowest BCUT2D eigenvalue weighted by molar-refractivity contribution is -0.137. The van der Waals surface area contributed by atoms with Crippen LogP contribution in [0.25, 0.3) is 0 Å². The van der Waals surface area contributed by atoms with E-state index in [9.17, 15) is 9.59 Å². The van der Waals surface area contributed by atoms with Crippen LogP contribution in [0, 0.1) is 5.92 Å². The van der Waals surface area contributed by atoms with E-state index < -0.39 is 5.97 Å². The summed E-state index contributed by atoms with van der Waals surface area (Å²) in [6.07, 6.45) is 5.64. The summed E-state index contributed by atoms with van der Waals surface area (Å²) in [7, 11) is 0. The number of para-hydroxylation sites is 1.